The van der Waals surface area contributed by atoms with Crippen LogP contribution >= 0.6 is 11.3 Å². The molecule has 6 nitrogen and oxygen atoms in total. The minimum absolute atomic E-state index is 0.105. The number of anilines is 1. The number of nitrogens with two attached hydrogens (primary N) is 1. The molecule has 0 aliphatic carbocycles. The predicted octanol–water partition coefficient (Wildman–Crippen LogP) is 1.64. The molecule has 2 aromatic heterocycles. The number of thiophene rings is 1. The first-order valence-electron chi connectivity index (χ1n) is 6.80. The molecule has 0 aromatic carbocycles. The number of aliphatic hydroxyl groups excluding tert-OH is 1. The Morgan fingerprint density at radius 3 is 2.62 bits per heavy atom. The van der Waals surface area contributed by atoms with E-state index in [9.17, 15) is 9.90 Å². The third kappa shape index (κ3) is 2.84. The van der Waals surface area contributed by atoms with Crippen molar-refractivity contribution in [3.8, 4) is 0 Å². The molecule has 0 aliphatic heterocycles. The van der Waals surface area contributed by atoms with Crippen LogP contribution < -0.4 is 11.1 Å². The third-order valence-electron chi connectivity index (χ3n) is 3.66. The Morgan fingerprint density at radius 2 is 2.05 bits per heavy atom. The van der Waals surface area contributed by atoms with Gasteiger partial charge in [-0.15, -0.1) is 16.4 Å². The van der Waals surface area contributed by atoms with Gasteiger partial charge in [0.15, 0.2) is 0 Å². The monoisotopic (exact) mass is 308 g/mol. The van der Waals surface area contributed by atoms with E-state index in [1.807, 2.05) is 27.7 Å². The zero-order valence-electron chi connectivity index (χ0n) is 12.6. The van der Waals surface area contributed by atoms with Gasteiger partial charge in [0.2, 0.25) is 0 Å². The van der Waals surface area contributed by atoms with Gasteiger partial charge in [0.1, 0.15) is 9.71 Å². The number of hydrogen-bond donors (Lipinski definition) is 3. The van der Waals surface area contributed by atoms with Crippen molar-refractivity contribution in [2.45, 2.75) is 33.7 Å². The Bertz CT molecular complexity index is 681. The Labute approximate surface area is 127 Å². The maximum Gasteiger partial charge on any atom is 0.263 e. The van der Waals surface area contributed by atoms with Gasteiger partial charge in [-0.3, -0.25) is 4.79 Å². The zero-order chi connectivity index (χ0) is 15.7. The maximum atomic E-state index is 12.4. The largest absolute Gasteiger partial charge is 0.397 e. The molecule has 0 radical (unpaired) electrons. The number of aliphatic hydroxyl groups is 1. The smallest absolute Gasteiger partial charge is 0.263 e. The van der Waals surface area contributed by atoms with Crippen LogP contribution in [0.5, 0.6) is 0 Å². The second kappa shape index (κ2) is 5.95. The minimum Gasteiger partial charge on any atom is -0.397 e. The summed E-state index contributed by atoms with van der Waals surface area (Å²) in [6.07, 6.45) is 0. The summed E-state index contributed by atoms with van der Waals surface area (Å²) in [6.45, 7) is 7.55. The molecule has 2 aromatic rings. The number of nitrogen functional groups attached to an aromatic ring is 1. The van der Waals surface area contributed by atoms with Crippen molar-refractivity contribution in [3.05, 3.63) is 16.1 Å². The van der Waals surface area contributed by atoms with Crippen molar-refractivity contribution in [1.29, 1.82) is 0 Å². The minimum atomic E-state index is -0.295. The fourth-order valence-electron chi connectivity index (χ4n) is 2.07. The molecule has 1 amide bonds. The molecule has 0 fully saturated rings. The molecule has 0 saturated carbocycles. The van der Waals surface area contributed by atoms with Gasteiger partial charge in [-0.25, -0.2) is 0 Å². The van der Waals surface area contributed by atoms with E-state index in [4.69, 9.17) is 5.73 Å². The standard InChI is InChI=1S/C14H20N4O2S/c1-6(2)9(5-19)16-13(20)12-11(15)10-7(3)8(4)17-18-14(10)21-12/h6,9,19H,5,15H2,1-4H3,(H,16,20). The summed E-state index contributed by atoms with van der Waals surface area (Å²) in [6, 6.07) is -0.295. The number of hydrogen-bond acceptors (Lipinski definition) is 6. The first kappa shape index (κ1) is 15.7. The number of nitrogens with zero attached hydrogens (tertiary/aromatic N) is 2. The van der Waals surface area contributed by atoms with Gasteiger partial charge in [0.25, 0.3) is 5.91 Å². The molecular formula is C14H20N4O2S. The third-order valence-corrected chi connectivity index (χ3v) is 4.75. The molecule has 4 N–H and O–H groups in total. The number of aryl methyl sites for hydroxylation is 2. The summed E-state index contributed by atoms with van der Waals surface area (Å²) >= 11 is 1.23. The molecule has 2 heterocycles. The first-order chi connectivity index (χ1) is 9.86. The average Bonchev–Trinajstić information content (AvgIpc) is 2.77. The van der Waals surface area contributed by atoms with Gasteiger partial charge in [-0.2, -0.15) is 5.10 Å². The van der Waals surface area contributed by atoms with Gasteiger partial charge in [0.05, 0.1) is 24.0 Å². The van der Waals surface area contributed by atoms with Crippen molar-refractivity contribution in [3.63, 3.8) is 0 Å². The Hall–Kier alpha value is -1.73. The van der Waals surface area contributed by atoms with Crippen LogP contribution in [0.2, 0.25) is 0 Å². The number of rotatable bonds is 4. The predicted molar refractivity (Wildman–Crippen MR) is 84.5 cm³/mol. The molecule has 0 bridgehead atoms. The van der Waals surface area contributed by atoms with Gasteiger partial charge >= 0.3 is 0 Å². The van der Waals surface area contributed by atoms with E-state index in [0.717, 1.165) is 16.6 Å². The second-order valence-electron chi connectivity index (χ2n) is 5.44. The van der Waals surface area contributed by atoms with Gasteiger partial charge in [-0.1, -0.05) is 13.8 Å². The average molecular weight is 308 g/mol. The molecule has 0 aliphatic rings. The summed E-state index contributed by atoms with van der Waals surface area (Å²) in [5, 5.41) is 21.1. The summed E-state index contributed by atoms with van der Waals surface area (Å²) < 4.78 is 0. The molecule has 1 atom stereocenters. The highest BCUT2D eigenvalue weighted by atomic mass is 32.1. The number of amides is 1. The Morgan fingerprint density at radius 1 is 1.38 bits per heavy atom. The fourth-order valence-corrected chi connectivity index (χ4v) is 3.07. The van der Waals surface area contributed by atoms with E-state index in [2.05, 4.69) is 15.5 Å². The van der Waals surface area contributed by atoms with Crippen molar-refractivity contribution in [1.82, 2.24) is 15.5 Å². The number of carbonyl (C=O) groups excluding carboxylic acids is 1. The lowest BCUT2D eigenvalue weighted by atomic mass is 10.1. The lowest BCUT2D eigenvalue weighted by Crippen LogP contribution is -2.41. The number of carbonyl (C=O) groups is 1. The summed E-state index contributed by atoms with van der Waals surface area (Å²) in [5.74, 6) is -0.140. The van der Waals surface area contributed by atoms with Crippen LogP contribution in [0, 0.1) is 19.8 Å². The SMILES string of the molecule is Cc1nnc2sc(C(=O)NC(CO)C(C)C)c(N)c2c1C. The van der Waals surface area contributed by atoms with Gasteiger partial charge in [0, 0.05) is 5.39 Å². The van der Waals surface area contributed by atoms with E-state index in [1.54, 1.807) is 0 Å². The van der Waals surface area contributed by atoms with Crippen molar-refractivity contribution in [2.75, 3.05) is 12.3 Å². The van der Waals surface area contributed by atoms with Crippen LogP contribution in [0.4, 0.5) is 5.69 Å². The van der Waals surface area contributed by atoms with E-state index in [-0.39, 0.29) is 24.5 Å². The zero-order valence-corrected chi connectivity index (χ0v) is 13.4. The Balaban J connectivity index is 2.41. The summed E-state index contributed by atoms with van der Waals surface area (Å²) in [7, 11) is 0. The van der Waals surface area contributed by atoms with E-state index in [0.29, 0.717) is 15.4 Å². The van der Waals surface area contributed by atoms with E-state index in [1.165, 1.54) is 11.3 Å². The van der Waals surface area contributed by atoms with Crippen LogP contribution in [0.25, 0.3) is 10.2 Å². The van der Waals surface area contributed by atoms with Crippen LogP contribution in [-0.2, 0) is 0 Å². The second-order valence-corrected chi connectivity index (χ2v) is 6.44. The molecule has 7 heteroatoms. The molecular weight excluding hydrogens is 288 g/mol. The molecule has 0 spiro atoms. The van der Waals surface area contributed by atoms with Crippen LogP contribution in [-0.4, -0.2) is 33.9 Å². The number of aromatic nitrogens is 2. The number of nitrogens with one attached hydrogen (secondary N) is 1. The van der Waals surface area contributed by atoms with E-state index >= 15 is 0 Å². The maximum absolute atomic E-state index is 12.4. The van der Waals surface area contributed by atoms with Crippen LogP contribution in [0.1, 0.15) is 34.8 Å². The van der Waals surface area contributed by atoms with Crippen molar-refractivity contribution in [2.24, 2.45) is 5.92 Å². The highest BCUT2D eigenvalue weighted by Gasteiger charge is 2.22. The molecule has 0 saturated heterocycles. The Kier molecular flexibility index (Phi) is 4.43. The molecule has 2 rings (SSSR count). The fraction of sp³-hybridized carbons (Fsp3) is 0.500. The van der Waals surface area contributed by atoms with Crippen LogP contribution in [0.15, 0.2) is 0 Å². The lowest BCUT2D eigenvalue weighted by Gasteiger charge is -2.19. The summed E-state index contributed by atoms with van der Waals surface area (Å²) in [5.41, 5.74) is 8.30. The lowest BCUT2D eigenvalue weighted by molar-refractivity contribution is 0.0902. The number of fused-ring (bicyclic) bond motifs is 1. The van der Waals surface area contributed by atoms with Crippen LogP contribution in [0.3, 0.4) is 0 Å². The molecule has 21 heavy (non-hydrogen) atoms. The highest BCUT2D eigenvalue weighted by Crippen LogP contribution is 2.34. The van der Waals surface area contributed by atoms with Gasteiger partial charge in [-0.05, 0) is 25.3 Å². The quantitative estimate of drug-likeness (QED) is 0.797. The molecule has 114 valence electrons. The van der Waals surface area contributed by atoms with Crippen molar-refractivity contribution < 1.29 is 9.90 Å². The molecule has 1 unspecified atom stereocenters. The normalized spacial score (nSPS) is 12.9. The van der Waals surface area contributed by atoms with Gasteiger partial charge < -0.3 is 16.2 Å². The summed E-state index contributed by atoms with van der Waals surface area (Å²) in [4.78, 5) is 13.4. The van der Waals surface area contributed by atoms with Crippen molar-refractivity contribution >= 4 is 33.1 Å². The van der Waals surface area contributed by atoms with E-state index < -0.39 is 0 Å². The first-order valence-corrected chi connectivity index (χ1v) is 7.62. The topological polar surface area (TPSA) is 101 Å². The highest BCUT2D eigenvalue weighted by molar-refractivity contribution is 7.21.